The van der Waals surface area contributed by atoms with E-state index in [1.165, 1.54) is 16.9 Å². The minimum Gasteiger partial charge on any atom is -0.361 e. The van der Waals surface area contributed by atoms with Crippen molar-refractivity contribution < 1.29 is 0 Å². The van der Waals surface area contributed by atoms with Crippen molar-refractivity contribution in [2.24, 2.45) is 0 Å². The number of aryl methyl sites for hydroxylation is 1. The number of anilines is 1. The molecule has 17 heavy (non-hydrogen) atoms. The number of thiazole rings is 1. The quantitative estimate of drug-likeness (QED) is 0.819. The minimum atomic E-state index is 0.551. The first-order valence-corrected chi connectivity index (χ1v) is 6.97. The summed E-state index contributed by atoms with van der Waals surface area (Å²) in [5.41, 5.74) is 1.30. The summed E-state index contributed by atoms with van der Waals surface area (Å²) >= 11 is 13.1. The molecule has 2 nitrogen and oxygen atoms in total. The highest BCUT2D eigenvalue weighted by Crippen LogP contribution is 2.18. The van der Waals surface area contributed by atoms with Crippen molar-refractivity contribution in [1.82, 2.24) is 4.98 Å². The summed E-state index contributed by atoms with van der Waals surface area (Å²) in [6.45, 7) is 0.895. The predicted molar refractivity (Wildman–Crippen MR) is 75.4 cm³/mol. The van der Waals surface area contributed by atoms with E-state index in [1.54, 1.807) is 0 Å². The molecule has 5 heteroatoms. The van der Waals surface area contributed by atoms with Crippen molar-refractivity contribution in [1.29, 1.82) is 0 Å². The maximum atomic E-state index is 5.82. The van der Waals surface area contributed by atoms with Gasteiger partial charge in [0.05, 0.1) is 0 Å². The average Bonchev–Trinajstić information content (AvgIpc) is 2.73. The van der Waals surface area contributed by atoms with E-state index >= 15 is 0 Å². The summed E-state index contributed by atoms with van der Waals surface area (Å²) in [7, 11) is 0. The lowest BCUT2D eigenvalue weighted by atomic mass is 10.1. The van der Waals surface area contributed by atoms with Gasteiger partial charge in [-0.25, -0.2) is 4.98 Å². The molecule has 1 aromatic carbocycles. The van der Waals surface area contributed by atoms with Crippen molar-refractivity contribution in [2.45, 2.75) is 12.8 Å². The SMILES string of the molecule is Clc1ccc(CCCNc2nc(Cl)cs2)cc1. The van der Waals surface area contributed by atoms with Crippen LogP contribution in [0.2, 0.25) is 10.2 Å². The third kappa shape index (κ3) is 4.19. The molecule has 0 aliphatic carbocycles. The van der Waals surface area contributed by atoms with Gasteiger partial charge < -0.3 is 5.32 Å². The van der Waals surface area contributed by atoms with Gasteiger partial charge in [-0.1, -0.05) is 35.3 Å². The van der Waals surface area contributed by atoms with E-state index in [1.807, 2.05) is 17.5 Å². The molecule has 0 saturated heterocycles. The normalized spacial score (nSPS) is 10.5. The number of aromatic nitrogens is 1. The number of hydrogen-bond donors (Lipinski definition) is 1. The van der Waals surface area contributed by atoms with Crippen LogP contribution in [0.15, 0.2) is 29.6 Å². The van der Waals surface area contributed by atoms with Crippen molar-refractivity contribution in [3.63, 3.8) is 0 Å². The summed E-state index contributed by atoms with van der Waals surface area (Å²) in [6, 6.07) is 7.96. The number of nitrogens with zero attached hydrogens (tertiary/aromatic N) is 1. The summed E-state index contributed by atoms with van der Waals surface area (Å²) in [6.07, 6.45) is 2.09. The van der Waals surface area contributed by atoms with Crippen LogP contribution in [0.25, 0.3) is 0 Å². The van der Waals surface area contributed by atoms with Gasteiger partial charge >= 0.3 is 0 Å². The zero-order valence-electron chi connectivity index (χ0n) is 9.12. The highest BCUT2D eigenvalue weighted by Gasteiger charge is 1.98. The fourth-order valence-corrected chi connectivity index (χ4v) is 2.47. The Kier molecular flexibility index (Phi) is 4.66. The summed E-state index contributed by atoms with van der Waals surface area (Å²) < 4.78 is 0. The lowest BCUT2D eigenvalue weighted by Crippen LogP contribution is -2.02. The van der Waals surface area contributed by atoms with Crippen LogP contribution in [0.1, 0.15) is 12.0 Å². The number of rotatable bonds is 5. The molecule has 0 aliphatic rings. The van der Waals surface area contributed by atoms with Gasteiger partial charge in [0.2, 0.25) is 0 Å². The number of nitrogens with one attached hydrogen (secondary N) is 1. The second-order valence-electron chi connectivity index (χ2n) is 3.63. The van der Waals surface area contributed by atoms with E-state index < -0.39 is 0 Å². The van der Waals surface area contributed by atoms with Crippen LogP contribution in [0.4, 0.5) is 5.13 Å². The van der Waals surface area contributed by atoms with Crippen LogP contribution in [0.5, 0.6) is 0 Å². The number of hydrogen-bond acceptors (Lipinski definition) is 3. The molecule has 1 aromatic heterocycles. The van der Waals surface area contributed by atoms with E-state index in [4.69, 9.17) is 23.2 Å². The maximum Gasteiger partial charge on any atom is 0.184 e. The molecular formula is C12H12Cl2N2S. The van der Waals surface area contributed by atoms with Crippen LogP contribution in [0, 0.1) is 0 Å². The fraction of sp³-hybridized carbons (Fsp3) is 0.250. The molecule has 0 atom stereocenters. The third-order valence-electron chi connectivity index (χ3n) is 2.31. The van der Waals surface area contributed by atoms with Crippen molar-refractivity contribution in [3.8, 4) is 0 Å². The molecular weight excluding hydrogens is 275 g/mol. The Morgan fingerprint density at radius 1 is 1.18 bits per heavy atom. The van der Waals surface area contributed by atoms with E-state index in [0.717, 1.165) is 29.5 Å². The monoisotopic (exact) mass is 286 g/mol. The summed E-state index contributed by atoms with van der Waals surface area (Å²) in [5.74, 6) is 0. The van der Waals surface area contributed by atoms with E-state index in [-0.39, 0.29) is 0 Å². The number of halogens is 2. The fourth-order valence-electron chi connectivity index (χ4n) is 1.47. The van der Waals surface area contributed by atoms with Crippen LogP contribution in [-0.4, -0.2) is 11.5 Å². The molecule has 1 N–H and O–H groups in total. The van der Waals surface area contributed by atoms with Crippen LogP contribution in [-0.2, 0) is 6.42 Å². The molecule has 0 saturated carbocycles. The predicted octanol–water partition coefficient (Wildman–Crippen LogP) is 4.49. The van der Waals surface area contributed by atoms with E-state index in [2.05, 4.69) is 22.4 Å². The van der Waals surface area contributed by atoms with E-state index in [9.17, 15) is 0 Å². The second kappa shape index (κ2) is 6.24. The highest BCUT2D eigenvalue weighted by molar-refractivity contribution is 7.14. The van der Waals surface area contributed by atoms with Gasteiger partial charge in [0, 0.05) is 16.9 Å². The molecule has 90 valence electrons. The lowest BCUT2D eigenvalue weighted by molar-refractivity contribution is 0.862. The first kappa shape index (κ1) is 12.7. The molecule has 0 aliphatic heterocycles. The first-order chi connectivity index (χ1) is 8.24. The van der Waals surface area contributed by atoms with Gasteiger partial charge in [0.15, 0.2) is 5.13 Å². The topological polar surface area (TPSA) is 24.9 Å². The molecule has 0 spiro atoms. The zero-order valence-corrected chi connectivity index (χ0v) is 11.4. The Balaban J connectivity index is 1.71. The largest absolute Gasteiger partial charge is 0.361 e. The molecule has 0 radical (unpaired) electrons. The Morgan fingerprint density at radius 2 is 1.94 bits per heavy atom. The third-order valence-corrected chi connectivity index (χ3v) is 3.68. The Morgan fingerprint density at radius 3 is 2.59 bits per heavy atom. The molecule has 0 bridgehead atoms. The smallest absolute Gasteiger partial charge is 0.184 e. The summed E-state index contributed by atoms with van der Waals surface area (Å²) in [4.78, 5) is 4.12. The molecule has 0 amide bonds. The average molecular weight is 287 g/mol. The van der Waals surface area contributed by atoms with Gasteiger partial charge in [-0.15, -0.1) is 11.3 Å². The molecule has 0 unspecified atom stereocenters. The second-order valence-corrected chi connectivity index (χ2v) is 5.31. The van der Waals surface area contributed by atoms with Crippen molar-refractivity contribution >= 4 is 39.7 Å². The Bertz CT molecular complexity index is 468. The first-order valence-electron chi connectivity index (χ1n) is 5.33. The van der Waals surface area contributed by atoms with Gasteiger partial charge in [0.1, 0.15) is 5.15 Å². The maximum absolute atomic E-state index is 5.82. The molecule has 2 aromatic rings. The lowest BCUT2D eigenvalue weighted by Gasteiger charge is -2.03. The van der Waals surface area contributed by atoms with E-state index in [0.29, 0.717) is 5.15 Å². The molecule has 1 heterocycles. The van der Waals surface area contributed by atoms with Crippen LogP contribution in [0.3, 0.4) is 0 Å². The minimum absolute atomic E-state index is 0.551. The van der Waals surface area contributed by atoms with Gasteiger partial charge in [-0.3, -0.25) is 0 Å². The van der Waals surface area contributed by atoms with Crippen molar-refractivity contribution in [2.75, 3.05) is 11.9 Å². The Hall–Kier alpha value is -0.770. The van der Waals surface area contributed by atoms with Crippen molar-refractivity contribution in [3.05, 3.63) is 45.4 Å². The van der Waals surface area contributed by atoms with Gasteiger partial charge in [-0.2, -0.15) is 0 Å². The van der Waals surface area contributed by atoms with Crippen LogP contribution < -0.4 is 5.32 Å². The Labute approximate surface area is 115 Å². The standard InChI is InChI=1S/C12H12Cl2N2S/c13-10-5-3-9(4-6-10)2-1-7-15-12-16-11(14)8-17-12/h3-6,8H,1-2,7H2,(H,15,16). The summed E-state index contributed by atoms with van der Waals surface area (Å²) in [5, 5.41) is 7.28. The van der Waals surface area contributed by atoms with Crippen LogP contribution >= 0.6 is 34.5 Å². The van der Waals surface area contributed by atoms with Gasteiger partial charge in [-0.05, 0) is 30.5 Å². The zero-order chi connectivity index (χ0) is 12.1. The highest BCUT2D eigenvalue weighted by atomic mass is 35.5. The molecule has 2 rings (SSSR count). The van der Waals surface area contributed by atoms with Gasteiger partial charge in [0.25, 0.3) is 0 Å². The molecule has 0 fully saturated rings. The number of benzene rings is 1.